The molecule has 0 aromatic heterocycles. The van der Waals surface area contributed by atoms with Crippen molar-refractivity contribution in [3.63, 3.8) is 0 Å². The van der Waals surface area contributed by atoms with Gasteiger partial charge in [0.1, 0.15) is 0 Å². The number of carbonyl (C=O) groups excluding carboxylic acids is 1. The van der Waals surface area contributed by atoms with Gasteiger partial charge in [0.05, 0.1) is 12.7 Å². The molecular formula is C13H18O3. The lowest BCUT2D eigenvalue weighted by Gasteiger charge is -1.98. The van der Waals surface area contributed by atoms with Gasteiger partial charge in [0.25, 0.3) is 0 Å². The SMILES string of the molecule is C#CC[C@@H](O)/C=C/C=C/CCC(=O)OCC. The van der Waals surface area contributed by atoms with Crippen LogP contribution in [0.15, 0.2) is 24.3 Å². The smallest absolute Gasteiger partial charge is 0.306 e. The fourth-order valence-electron chi connectivity index (χ4n) is 0.990. The average molecular weight is 222 g/mol. The average Bonchev–Trinajstić information content (AvgIpc) is 2.24. The number of esters is 1. The highest BCUT2D eigenvalue weighted by molar-refractivity contribution is 5.69. The molecule has 88 valence electrons. The molecule has 0 amide bonds. The van der Waals surface area contributed by atoms with E-state index >= 15 is 0 Å². The van der Waals surface area contributed by atoms with Crippen molar-refractivity contribution in [2.24, 2.45) is 0 Å². The van der Waals surface area contributed by atoms with Gasteiger partial charge in [0, 0.05) is 12.8 Å². The number of allylic oxidation sites excluding steroid dienone is 3. The van der Waals surface area contributed by atoms with Crippen molar-refractivity contribution in [1.82, 2.24) is 0 Å². The molecule has 1 N–H and O–H groups in total. The zero-order valence-corrected chi connectivity index (χ0v) is 9.56. The van der Waals surface area contributed by atoms with Crippen molar-refractivity contribution in [2.45, 2.75) is 32.3 Å². The summed E-state index contributed by atoms with van der Waals surface area (Å²) in [7, 11) is 0. The number of carbonyl (C=O) groups is 1. The van der Waals surface area contributed by atoms with Gasteiger partial charge in [-0.3, -0.25) is 4.79 Å². The Hall–Kier alpha value is -1.53. The van der Waals surface area contributed by atoms with Crippen LogP contribution < -0.4 is 0 Å². The highest BCUT2D eigenvalue weighted by Crippen LogP contribution is 1.96. The van der Waals surface area contributed by atoms with Gasteiger partial charge in [-0.15, -0.1) is 12.3 Å². The Bertz CT molecular complexity index is 284. The van der Waals surface area contributed by atoms with Gasteiger partial charge in [0.15, 0.2) is 0 Å². The van der Waals surface area contributed by atoms with Gasteiger partial charge in [-0.05, 0) is 13.3 Å². The molecule has 0 saturated carbocycles. The summed E-state index contributed by atoms with van der Waals surface area (Å²) in [6.07, 6.45) is 12.7. The number of hydrogen-bond acceptors (Lipinski definition) is 3. The maximum Gasteiger partial charge on any atom is 0.306 e. The van der Waals surface area contributed by atoms with Crippen LogP contribution in [0.1, 0.15) is 26.2 Å². The fraction of sp³-hybridized carbons (Fsp3) is 0.462. The Morgan fingerprint density at radius 1 is 1.56 bits per heavy atom. The summed E-state index contributed by atoms with van der Waals surface area (Å²) in [6, 6.07) is 0. The molecule has 0 saturated heterocycles. The van der Waals surface area contributed by atoms with Gasteiger partial charge in [-0.2, -0.15) is 0 Å². The Kier molecular flexibility index (Phi) is 9.05. The molecule has 0 aliphatic heterocycles. The number of hydrogen-bond donors (Lipinski definition) is 1. The van der Waals surface area contributed by atoms with Crippen molar-refractivity contribution in [2.75, 3.05) is 6.61 Å². The highest BCUT2D eigenvalue weighted by atomic mass is 16.5. The normalized spacial score (nSPS) is 12.8. The Balaban J connectivity index is 3.62. The second kappa shape index (κ2) is 10.0. The molecule has 3 nitrogen and oxygen atoms in total. The van der Waals surface area contributed by atoms with E-state index in [2.05, 4.69) is 5.92 Å². The zero-order chi connectivity index (χ0) is 12.2. The molecular weight excluding hydrogens is 204 g/mol. The quantitative estimate of drug-likeness (QED) is 0.406. The number of terminal acetylenes is 1. The van der Waals surface area contributed by atoms with Crippen LogP contribution in [0.2, 0.25) is 0 Å². The molecule has 1 atom stereocenters. The number of rotatable bonds is 7. The van der Waals surface area contributed by atoms with E-state index in [1.807, 2.05) is 6.08 Å². The molecule has 0 rings (SSSR count). The molecule has 0 radical (unpaired) electrons. The van der Waals surface area contributed by atoms with Crippen LogP contribution in [0.3, 0.4) is 0 Å². The van der Waals surface area contributed by atoms with Gasteiger partial charge >= 0.3 is 5.97 Å². The van der Waals surface area contributed by atoms with E-state index in [1.54, 1.807) is 25.2 Å². The summed E-state index contributed by atoms with van der Waals surface area (Å²) in [6.45, 7) is 2.20. The van der Waals surface area contributed by atoms with Crippen LogP contribution >= 0.6 is 0 Å². The molecule has 0 aliphatic carbocycles. The lowest BCUT2D eigenvalue weighted by Crippen LogP contribution is -2.02. The van der Waals surface area contributed by atoms with Crippen LogP contribution in [0.25, 0.3) is 0 Å². The van der Waals surface area contributed by atoms with Crippen molar-refractivity contribution < 1.29 is 14.6 Å². The summed E-state index contributed by atoms with van der Waals surface area (Å²) >= 11 is 0. The molecule has 0 heterocycles. The standard InChI is InChI=1S/C13H18O3/c1-3-9-12(14)10-7-5-6-8-11-13(15)16-4-2/h1,5-7,10,12,14H,4,8-9,11H2,2H3/b6-5+,10-7+/t12-/m1/s1. The minimum Gasteiger partial charge on any atom is -0.466 e. The van der Waals surface area contributed by atoms with E-state index in [9.17, 15) is 9.90 Å². The molecule has 0 fully saturated rings. The van der Waals surface area contributed by atoms with Crippen molar-refractivity contribution in [1.29, 1.82) is 0 Å². The zero-order valence-electron chi connectivity index (χ0n) is 9.56. The predicted molar refractivity (Wildman–Crippen MR) is 63.6 cm³/mol. The molecule has 0 aromatic carbocycles. The monoisotopic (exact) mass is 222 g/mol. The van der Waals surface area contributed by atoms with Crippen LogP contribution in [0.4, 0.5) is 0 Å². The molecule has 0 unspecified atom stereocenters. The number of ether oxygens (including phenoxy) is 1. The summed E-state index contributed by atoms with van der Waals surface area (Å²) in [5.74, 6) is 2.17. The van der Waals surface area contributed by atoms with E-state index in [0.29, 0.717) is 25.9 Å². The summed E-state index contributed by atoms with van der Waals surface area (Å²) < 4.78 is 4.77. The largest absolute Gasteiger partial charge is 0.466 e. The molecule has 0 spiro atoms. The third kappa shape index (κ3) is 9.04. The summed E-state index contributed by atoms with van der Waals surface area (Å²) in [4.78, 5) is 10.9. The number of aliphatic hydroxyl groups is 1. The predicted octanol–water partition coefficient (Wildman–Crippen LogP) is 1.83. The first kappa shape index (κ1) is 14.5. The molecule has 16 heavy (non-hydrogen) atoms. The van der Waals surface area contributed by atoms with Crippen LogP contribution in [0, 0.1) is 12.3 Å². The summed E-state index contributed by atoms with van der Waals surface area (Å²) in [5.41, 5.74) is 0. The van der Waals surface area contributed by atoms with Gasteiger partial charge in [-0.1, -0.05) is 24.3 Å². The van der Waals surface area contributed by atoms with E-state index in [0.717, 1.165) is 0 Å². The highest BCUT2D eigenvalue weighted by Gasteiger charge is 1.97. The lowest BCUT2D eigenvalue weighted by atomic mass is 10.2. The maximum atomic E-state index is 10.9. The minimum absolute atomic E-state index is 0.191. The van der Waals surface area contributed by atoms with Crippen LogP contribution in [-0.2, 0) is 9.53 Å². The molecule has 3 heteroatoms. The first-order chi connectivity index (χ1) is 7.70. The lowest BCUT2D eigenvalue weighted by molar-refractivity contribution is -0.142. The fourth-order valence-corrected chi connectivity index (χ4v) is 0.990. The van der Waals surface area contributed by atoms with Crippen molar-refractivity contribution >= 4 is 5.97 Å². The third-order valence-electron chi connectivity index (χ3n) is 1.73. The van der Waals surface area contributed by atoms with Crippen LogP contribution in [0.5, 0.6) is 0 Å². The Morgan fingerprint density at radius 3 is 2.94 bits per heavy atom. The van der Waals surface area contributed by atoms with Crippen LogP contribution in [-0.4, -0.2) is 23.8 Å². The summed E-state index contributed by atoms with van der Waals surface area (Å²) in [5, 5.41) is 9.23. The number of aliphatic hydroxyl groups excluding tert-OH is 1. The Labute approximate surface area is 96.8 Å². The van der Waals surface area contributed by atoms with Gasteiger partial charge in [0.2, 0.25) is 0 Å². The minimum atomic E-state index is -0.597. The topological polar surface area (TPSA) is 46.5 Å². The van der Waals surface area contributed by atoms with E-state index in [-0.39, 0.29) is 5.97 Å². The second-order valence-corrected chi connectivity index (χ2v) is 3.13. The first-order valence-electron chi connectivity index (χ1n) is 5.31. The maximum absolute atomic E-state index is 10.9. The van der Waals surface area contributed by atoms with Crippen molar-refractivity contribution in [3.05, 3.63) is 24.3 Å². The molecule has 0 aliphatic rings. The first-order valence-corrected chi connectivity index (χ1v) is 5.31. The van der Waals surface area contributed by atoms with Gasteiger partial charge in [-0.25, -0.2) is 0 Å². The Morgan fingerprint density at radius 2 is 2.31 bits per heavy atom. The second-order valence-electron chi connectivity index (χ2n) is 3.13. The van der Waals surface area contributed by atoms with Gasteiger partial charge < -0.3 is 9.84 Å². The molecule has 0 aromatic rings. The van der Waals surface area contributed by atoms with E-state index < -0.39 is 6.10 Å². The molecule has 0 bridgehead atoms. The van der Waals surface area contributed by atoms with Crippen molar-refractivity contribution in [3.8, 4) is 12.3 Å². The third-order valence-corrected chi connectivity index (χ3v) is 1.73. The van der Waals surface area contributed by atoms with E-state index in [1.165, 1.54) is 0 Å². The van der Waals surface area contributed by atoms with E-state index in [4.69, 9.17) is 11.2 Å².